The van der Waals surface area contributed by atoms with Gasteiger partial charge in [-0.25, -0.2) is 4.39 Å². The van der Waals surface area contributed by atoms with Crippen LogP contribution in [0.2, 0.25) is 0 Å². The Morgan fingerprint density at radius 3 is 2.20 bits per heavy atom. The van der Waals surface area contributed by atoms with E-state index < -0.39 is 0 Å². The number of likely N-dealkylation sites (N-methyl/N-ethyl adjacent to an activating group) is 1. The van der Waals surface area contributed by atoms with Crippen molar-refractivity contribution in [3.05, 3.63) is 66.0 Å². The van der Waals surface area contributed by atoms with Crippen LogP contribution in [0.25, 0.3) is 0 Å². The molecule has 1 N–H and O–H groups in total. The maximum atomic E-state index is 12.9. The summed E-state index contributed by atoms with van der Waals surface area (Å²) in [5, 5.41) is 2.80. The number of amides is 1. The summed E-state index contributed by atoms with van der Waals surface area (Å²) in [6.07, 6.45) is 0. The average Bonchev–Trinajstić information content (AvgIpc) is 2.42. The maximum absolute atomic E-state index is 12.9. The van der Waals surface area contributed by atoms with E-state index in [0.29, 0.717) is 5.69 Å². The van der Waals surface area contributed by atoms with Gasteiger partial charge in [0.25, 0.3) is 0 Å². The number of hydrogen-bond donors (Lipinski definition) is 1. The molecular weight excluding hydrogens is 255 g/mol. The zero-order valence-corrected chi connectivity index (χ0v) is 11.5. The summed E-state index contributed by atoms with van der Waals surface area (Å²) in [7, 11) is 3.70. The molecule has 0 aromatic heterocycles. The van der Waals surface area contributed by atoms with Crippen LogP contribution in [0, 0.1) is 5.82 Å². The fourth-order valence-corrected chi connectivity index (χ4v) is 2.06. The molecule has 4 heteroatoms. The van der Waals surface area contributed by atoms with Gasteiger partial charge < -0.3 is 5.32 Å². The van der Waals surface area contributed by atoms with Crippen LogP contribution in [0.1, 0.15) is 11.6 Å². The molecule has 0 saturated carbocycles. The van der Waals surface area contributed by atoms with Gasteiger partial charge in [-0.3, -0.25) is 9.69 Å². The zero-order valence-electron chi connectivity index (χ0n) is 11.5. The molecule has 1 unspecified atom stereocenters. The highest BCUT2D eigenvalue weighted by molar-refractivity contribution is 5.95. The lowest BCUT2D eigenvalue weighted by Gasteiger charge is -2.23. The molecule has 1 atom stereocenters. The first-order valence-electron chi connectivity index (χ1n) is 6.36. The van der Waals surface area contributed by atoms with E-state index in [0.717, 1.165) is 5.56 Å². The van der Waals surface area contributed by atoms with Gasteiger partial charge in [-0.05, 0) is 43.9 Å². The van der Waals surface area contributed by atoms with E-state index in [-0.39, 0.29) is 17.8 Å². The lowest BCUT2D eigenvalue weighted by molar-refractivity contribution is -0.120. The summed E-state index contributed by atoms with van der Waals surface area (Å²) >= 11 is 0. The molecule has 104 valence electrons. The third-order valence-electron chi connectivity index (χ3n) is 2.99. The van der Waals surface area contributed by atoms with Gasteiger partial charge in [0.2, 0.25) is 5.91 Å². The molecule has 2 rings (SSSR count). The molecule has 0 radical (unpaired) electrons. The topological polar surface area (TPSA) is 32.3 Å². The number of halogens is 1. The maximum Gasteiger partial charge on any atom is 0.246 e. The number of benzene rings is 2. The van der Waals surface area contributed by atoms with Crippen LogP contribution in [0.15, 0.2) is 54.6 Å². The van der Waals surface area contributed by atoms with Gasteiger partial charge in [0, 0.05) is 5.69 Å². The minimum absolute atomic E-state index is 0.146. The highest BCUT2D eigenvalue weighted by Crippen LogP contribution is 2.20. The van der Waals surface area contributed by atoms with E-state index in [1.807, 2.05) is 49.3 Å². The van der Waals surface area contributed by atoms with Crippen molar-refractivity contribution in [1.29, 1.82) is 0 Å². The second-order valence-electron chi connectivity index (χ2n) is 4.77. The Kier molecular flexibility index (Phi) is 4.48. The summed E-state index contributed by atoms with van der Waals surface area (Å²) < 4.78 is 12.9. The van der Waals surface area contributed by atoms with Gasteiger partial charge in [-0.2, -0.15) is 0 Å². The predicted molar refractivity (Wildman–Crippen MR) is 77.9 cm³/mol. The average molecular weight is 272 g/mol. The monoisotopic (exact) mass is 272 g/mol. The van der Waals surface area contributed by atoms with Crippen LogP contribution in [-0.4, -0.2) is 24.9 Å². The summed E-state index contributed by atoms with van der Waals surface area (Å²) in [4.78, 5) is 14.2. The van der Waals surface area contributed by atoms with Crippen LogP contribution < -0.4 is 5.32 Å². The molecular formula is C16H17FN2O. The number of hydrogen-bond acceptors (Lipinski definition) is 2. The van der Waals surface area contributed by atoms with E-state index in [4.69, 9.17) is 0 Å². The Morgan fingerprint density at radius 1 is 1.05 bits per heavy atom. The zero-order chi connectivity index (χ0) is 14.5. The molecule has 0 fully saturated rings. The van der Waals surface area contributed by atoms with Crippen LogP contribution >= 0.6 is 0 Å². The lowest BCUT2D eigenvalue weighted by Crippen LogP contribution is -2.32. The molecule has 2 aromatic rings. The van der Waals surface area contributed by atoms with Crippen molar-refractivity contribution in [3.8, 4) is 0 Å². The Morgan fingerprint density at radius 2 is 1.65 bits per heavy atom. The fourth-order valence-electron chi connectivity index (χ4n) is 2.06. The molecule has 2 aromatic carbocycles. The minimum Gasteiger partial charge on any atom is -0.324 e. The fraction of sp³-hybridized carbons (Fsp3) is 0.188. The van der Waals surface area contributed by atoms with Crippen molar-refractivity contribution in [2.75, 3.05) is 19.4 Å². The van der Waals surface area contributed by atoms with Crippen molar-refractivity contribution in [1.82, 2.24) is 4.90 Å². The lowest BCUT2D eigenvalue weighted by atomic mass is 10.1. The van der Waals surface area contributed by atoms with Gasteiger partial charge in [-0.15, -0.1) is 0 Å². The van der Waals surface area contributed by atoms with Crippen LogP contribution in [-0.2, 0) is 4.79 Å². The molecule has 0 aliphatic heterocycles. The molecule has 0 aliphatic rings. The Balaban J connectivity index is 2.18. The molecule has 20 heavy (non-hydrogen) atoms. The van der Waals surface area contributed by atoms with Crippen LogP contribution in [0.5, 0.6) is 0 Å². The Hall–Kier alpha value is -2.20. The highest BCUT2D eigenvalue weighted by atomic mass is 19.1. The van der Waals surface area contributed by atoms with Crippen molar-refractivity contribution >= 4 is 11.6 Å². The van der Waals surface area contributed by atoms with Gasteiger partial charge in [0.15, 0.2) is 0 Å². The second-order valence-corrected chi connectivity index (χ2v) is 4.77. The van der Waals surface area contributed by atoms with E-state index in [1.165, 1.54) is 12.1 Å². The molecule has 1 amide bonds. The Labute approximate surface area is 118 Å². The van der Waals surface area contributed by atoms with Gasteiger partial charge in [-0.1, -0.05) is 30.3 Å². The molecule has 0 bridgehead atoms. The number of nitrogens with one attached hydrogen (secondary N) is 1. The number of nitrogens with zero attached hydrogens (tertiary/aromatic N) is 1. The largest absolute Gasteiger partial charge is 0.324 e. The summed E-state index contributed by atoms with van der Waals surface area (Å²) in [5.41, 5.74) is 1.50. The minimum atomic E-state index is -0.388. The first kappa shape index (κ1) is 14.2. The predicted octanol–water partition coefficient (Wildman–Crippen LogP) is 3.07. The molecule has 0 aliphatic carbocycles. The molecule has 0 saturated heterocycles. The van der Waals surface area contributed by atoms with Crippen molar-refractivity contribution in [2.24, 2.45) is 0 Å². The normalized spacial score (nSPS) is 12.2. The van der Waals surface area contributed by atoms with E-state index in [9.17, 15) is 9.18 Å². The smallest absolute Gasteiger partial charge is 0.246 e. The standard InChI is InChI=1S/C16H17FN2O/c1-19(2)15(12-6-4-3-5-7-12)16(20)18-14-10-8-13(17)9-11-14/h3-11,15H,1-2H3,(H,18,20). The van der Waals surface area contributed by atoms with Crippen molar-refractivity contribution < 1.29 is 9.18 Å². The van der Waals surface area contributed by atoms with E-state index in [2.05, 4.69) is 5.32 Å². The molecule has 0 heterocycles. The summed E-state index contributed by atoms with van der Waals surface area (Å²) in [5.74, 6) is -0.469. The van der Waals surface area contributed by atoms with Gasteiger partial charge >= 0.3 is 0 Å². The Bertz CT molecular complexity index is 567. The quantitative estimate of drug-likeness (QED) is 0.927. The first-order chi connectivity index (χ1) is 9.58. The van der Waals surface area contributed by atoms with Crippen molar-refractivity contribution in [2.45, 2.75) is 6.04 Å². The molecule has 0 spiro atoms. The van der Waals surface area contributed by atoms with Crippen LogP contribution in [0.3, 0.4) is 0 Å². The number of carbonyl (C=O) groups is 1. The molecule has 3 nitrogen and oxygen atoms in total. The summed E-state index contributed by atoms with van der Waals surface area (Å²) in [6.45, 7) is 0. The number of rotatable bonds is 4. The first-order valence-corrected chi connectivity index (χ1v) is 6.36. The van der Waals surface area contributed by atoms with Gasteiger partial charge in [0.1, 0.15) is 11.9 Å². The third kappa shape index (κ3) is 3.42. The second kappa shape index (κ2) is 6.30. The van der Waals surface area contributed by atoms with Gasteiger partial charge in [0.05, 0.1) is 0 Å². The van der Waals surface area contributed by atoms with E-state index >= 15 is 0 Å². The number of carbonyl (C=O) groups excluding carboxylic acids is 1. The van der Waals surface area contributed by atoms with Crippen LogP contribution in [0.4, 0.5) is 10.1 Å². The SMILES string of the molecule is CN(C)C(C(=O)Nc1ccc(F)cc1)c1ccccc1. The summed E-state index contributed by atoms with van der Waals surface area (Å²) in [6, 6.07) is 14.9. The van der Waals surface area contributed by atoms with Crippen molar-refractivity contribution in [3.63, 3.8) is 0 Å². The highest BCUT2D eigenvalue weighted by Gasteiger charge is 2.22. The third-order valence-corrected chi connectivity index (χ3v) is 2.99. The number of anilines is 1. The van der Waals surface area contributed by atoms with E-state index in [1.54, 1.807) is 12.1 Å².